The van der Waals surface area contributed by atoms with Crippen molar-refractivity contribution in [2.45, 2.75) is 78.1 Å². The molecule has 0 amide bonds. The molecule has 0 aromatic heterocycles. The van der Waals surface area contributed by atoms with E-state index in [4.69, 9.17) is 0 Å². The van der Waals surface area contributed by atoms with Crippen LogP contribution in [0.1, 0.15) is 78.1 Å². The topological polar surface area (TPSA) is 12.0 Å². The van der Waals surface area contributed by atoms with Gasteiger partial charge in [-0.15, -0.1) is 11.8 Å². The molecule has 0 spiro atoms. The Morgan fingerprint density at radius 1 is 1.00 bits per heavy atom. The lowest BCUT2D eigenvalue weighted by Gasteiger charge is -2.32. The second-order valence-corrected chi connectivity index (χ2v) is 7.63. The zero-order valence-electron chi connectivity index (χ0n) is 13.5. The van der Waals surface area contributed by atoms with Gasteiger partial charge in [0.15, 0.2) is 0 Å². The molecule has 1 heterocycles. The number of allylic oxidation sites excluding steroid dienone is 2. The van der Waals surface area contributed by atoms with Crippen molar-refractivity contribution < 1.29 is 0 Å². The SMILES string of the molecule is CCCC1CCCCCCCC(CC)C2=C1SCCN2. The van der Waals surface area contributed by atoms with Crippen LogP contribution in [0, 0.1) is 11.8 Å². The van der Waals surface area contributed by atoms with E-state index in [9.17, 15) is 0 Å². The Kier molecular flexibility index (Phi) is 7.33. The van der Waals surface area contributed by atoms with Crippen molar-refractivity contribution in [1.82, 2.24) is 5.32 Å². The Labute approximate surface area is 130 Å². The highest BCUT2D eigenvalue weighted by molar-refractivity contribution is 8.03. The standard InChI is InChI=1S/C18H33NS/c1-3-10-16-12-9-7-5-6-8-11-15(4-2)17-18(16)20-14-13-19-17/h15-16,19H,3-14H2,1-2H3. The van der Waals surface area contributed by atoms with E-state index in [0.29, 0.717) is 0 Å². The van der Waals surface area contributed by atoms with Crippen LogP contribution in [0.2, 0.25) is 0 Å². The maximum absolute atomic E-state index is 3.81. The summed E-state index contributed by atoms with van der Waals surface area (Å²) in [6.07, 6.45) is 14.1. The zero-order chi connectivity index (χ0) is 14.2. The van der Waals surface area contributed by atoms with E-state index in [1.807, 2.05) is 0 Å². The average molecular weight is 296 g/mol. The van der Waals surface area contributed by atoms with Crippen LogP contribution in [-0.2, 0) is 0 Å². The van der Waals surface area contributed by atoms with Crippen molar-refractivity contribution in [2.75, 3.05) is 12.3 Å². The number of rotatable bonds is 3. The van der Waals surface area contributed by atoms with E-state index < -0.39 is 0 Å². The Morgan fingerprint density at radius 2 is 1.70 bits per heavy atom. The summed E-state index contributed by atoms with van der Waals surface area (Å²) in [6.45, 7) is 5.91. The van der Waals surface area contributed by atoms with Gasteiger partial charge in [-0.3, -0.25) is 0 Å². The fourth-order valence-electron chi connectivity index (χ4n) is 3.81. The van der Waals surface area contributed by atoms with Gasteiger partial charge in [-0.2, -0.15) is 0 Å². The molecule has 1 aliphatic carbocycles. The van der Waals surface area contributed by atoms with Crippen molar-refractivity contribution >= 4 is 11.8 Å². The maximum atomic E-state index is 3.81. The third kappa shape index (κ3) is 4.44. The first-order valence-electron chi connectivity index (χ1n) is 8.97. The van der Waals surface area contributed by atoms with Gasteiger partial charge < -0.3 is 5.32 Å². The smallest absolute Gasteiger partial charge is 0.0238 e. The molecule has 1 nitrogen and oxygen atoms in total. The summed E-state index contributed by atoms with van der Waals surface area (Å²) < 4.78 is 0. The molecule has 2 heteroatoms. The molecule has 0 saturated carbocycles. The van der Waals surface area contributed by atoms with Gasteiger partial charge in [-0.25, -0.2) is 0 Å². The van der Waals surface area contributed by atoms with Crippen LogP contribution in [-0.4, -0.2) is 12.3 Å². The van der Waals surface area contributed by atoms with Gasteiger partial charge in [0, 0.05) is 22.9 Å². The fraction of sp³-hybridized carbons (Fsp3) is 0.889. The Bertz CT molecular complexity index is 311. The van der Waals surface area contributed by atoms with Gasteiger partial charge in [-0.05, 0) is 37.5 Å². The summed E-state index contributed by atoms with van der Waals surface area (Å²) in [7, 11) is 0. The fourth-order valence-corrected chi connectivity index (χ4v) is 5.10. The quantitative estimate of drug-likeness (QED) is 0.714. The first-order valence-corrected chi connectivity index (χ1v) is 9.96. The van der Waals surface area contributed by atoms with Crippen molar-refractivity contribution in [3.05, 3.63) is 10.6 Å². The molecule has 2 atom stereocenters. The zero-order valence-corrected chi connectivity index (χ0v) is 14.4. The molecule has 2 unspecified atom stereocenters. The van der Waals surface area contributed by atoms with Crippen molar-refractivity contribution in [2.24, 2.45) is 11.8 Å². The average Bonchev–Trinajstić information content (AvgIpc) is 2.52. The lowest BCUT2D eigenvalue weighted by molar-refractivity contribution is 0.464. The predicted octanol–water partition coefficient (Wildman–Crippen LogP) is 5.72. The Hall–Kier alpha value is -0.110. The first kappa shape index (κ1) is 16.3. The van der Waals surface area contributed by atoms with Crippen LogP contribution >= 0.6 is 11.8 Å². The molecule has 2 rings (SSSR count). The third-order valence-corrected chi connectivity index (χ3v) is 6.23. The van der Waals surface area contributed by atoms with Crippen molar-refractivity contribution in [3.63, 3.8) is 0 Å². The van der Waals surface area contributed by atoms with E-state index in [1.54, 1.807) is 10.6 Å². The number of hydrogen-bond acceptors (Lipinski definition) is 2. The van der Waals surface area contributed by atoms with Gasteiger partial charge in [0.2, 0.25) is 0 Å². The number of nitrogens with one attached hydrogen (secondary N) is 1. The normalized spacial score (nSPS) is 29.3. The molecule has 0 aromatic carbocycles. The van der Waals surface area contributed by atoms with E-state index in [1.165, 1.54) is 76.5 Å². The second-order valence-electron chi connectivity index (χ2n) is 6.49. The maximum Gasteiger partial charge on any atom is 0.0238 e. The van der Waals surface area contributed by atoms with Crippen molar-refractivity contribution in [1.29, 1.82) is 0 Å². The molecule has 0 aromatic rings. The van der Waals surface area contributed by atoms with E-state index in [-0.39, 0.29) is 0 Å². The van der Waals surface area contributed by atoms with Gasteiger partial charge in [-0.1, -0.05) is 52.4 Å². The van der Waals surface area contributed by atoms with Crippen LogP contribution < -0.4 is 5.32 Å². The lowest BCUT2D eigenvalue weighted by atomic mass is 9.90. The monoisotopic (exact) mass is 295 g/mol. The van der Waals surface area contributed by atoms with Crippen LogP contribution in [0.3, 0.4) is 0 Å². The van der Waals surface area contributed by atoms with E-state index >= 15 is 0 Å². The van der Waals surface area contributed by atoms with Gasteiger partial charge in [0.1, 0.15) is 0 Å². The minimum Gasteiger partial charge on any atom is -0.387 e. The molecule has 0 fully saturated rings. The molecule has 1 aliphatic heterocycles. The van der Waals surface area contributed by atoms with Crippen LogP contribution in [0.15, 0.2) is 10.6 Å². The van der Waals surface area contributed by atoms with Crippen LogP contribution in [0.4, 0.5) is 0 Å². The molecule has 116 valence electrons. The largest absolute Gasteiger partial charge is 0.387 e. The molecule has 0 radical (unpaired) electrons. The van der Waals surface area contributed by atoms with Gasteiger partial charge in [0.05, 0.1) is 0 Å². The summed E-state index contributed by atoms with van der Waals surface area (Å²) in [4.78, 5) is 1.76. The highest BCUT2D eigenvalue weighted by atomic mass is 32.2. The number of hydrogen-bond donors (Lipinski definition) is 1. The third-order valence-electron chi connectivity index (χ3n) is 4.95. The van der Waals surface area contributed by atoms with E-state index in [0.717, 1.165) is 11.8 Å². The summed E-state index contributed by atoms with van der Waals surface area (Å²) in [5.74, 6) is 2.92. The first-order chi connectivity index (χ1) is 9.86. The van der Waals surface area contributed by atoms with Gasteiger partial charge in [0.25, 0.3) is 0 Å². The Balaban J connectivity index is 2.22. The highest BCUT2D eigenvalue weighted by Crippen LogP contribution is 2.40. The predicted molar refractivity (Wildman–Crippen MR) is 92.0 cm³/mol. The second kappa shape index (κ2) is 9.02. The molecule has 1 N–H and O–H groups in total. The summed E-state index contributed by atoms with van der Waals surface area (Å²) in [6, 6.07) is 0. The van der Waals surface area contributed by atoms with Crippen molar-refractivity contribution in [3.8, 4) is 0 Å². The summed E-state index contributed by atoms with van der Waals surface area (Å²) >= 11 is 2.18. The minimum absolute atomic E-state index is 0.801. The molecule has 20 heavy (non-hydrogen) atoms. The summed E-state index contributed by atoms with van der Waals surface area (Å²) in [5, 5.41) is 3.81. The molecule has 0 saturated heterocycles. The van der Waals surface area contributed by atoms with E-state index in [2.05, 4.69) is 30.9 Å². The minimum atomic E-state index is 0.801. The molecular formula is C18H33NS. The molecule has 2 aliphatic rings. The molecule has 0 bridgehead atoms. The summed E-state index contributed by atoms with van der Waals surface area (Å²) in [5.41, 5.74) is 1.66. The van der Waals surface area contributed by atoms with Gasteiger partial charge >= 0.3 is 0 Å². The molecular weight excluding hydrogens is 262 g/mol. The van der Waals surface area contributed by atoms with Crippen LogP contribution in [0.5, 0.6) is 0 Å². The highest BCUT2D eigenvalue weighted by Gasteiger charge is 2.25. The van der Waals surface area contributed by atoms with Crippen LogP contribution in [0.25, 0.3) is 0 Å². The lowest BCUT2D eigenvalue weighted by Crippen LogP contribution is -2.29. The Morgan fingerprint density at radius 3 is 2.40 bits per heavy atom. The number of thioether (sulfide) groups is 1.